The van der Waals surface area contributed by atoms with E-state index < -0.39 is 0 Å². The Morgan fingerprint density at radius 1 is 0.972 bits per heavy atom. The molecule has 2 saturated heterocycles. The highest BCUT2D eigenvalue weighted by molar-refractivity contribution is 5.94. The second kappa shape index (κ2) is 12.3. The van der Waals surface area contributed by atoms with Gasteiger partial charge in [-0.25, -0.2) is 4.39 Å². The van der Waals surface area contributed by atoms with Gasteiger partial charge in [0.25, 0.3) is 5.91 Å². The Bertz CT molecular complexity index is 1020. The summed E-state index contributed by atoms with van der Waals surface area (Å²) >= 11 is 0. The van der Waals surface area contributed by atoms with Gasteiger partial charge < -0.3 is 15.1 Å². The Balaban J connectivity index is 1.26. The van der Waals surface area contributed by atoms with E-state index in [9.17, 15) is 14.0 Å². The molecule has 0 radical (unpaired) electrons. The summed E-state index contributed by atoms with van der Waals surface area (Å²) in [6.45, 7) is 9.76. The molecule has 0 bridgehead atoms. The number of hydrogen-bond donors (Lipinski definition) is 1. The number of nitrogens with zero attached hydrogens (tertiary/aromatic N) is 3. The molecule has 2 aliphatic heterocycles. The Kier molecular flexibility index (Phi) is 8.97. The van der Waals surface area contributed by atoms with Gasteiger partial charge in [0.05, 0.1) is 5.92 Å². The van der Waals surface area contributed by atoms with Crippen LogP contribution in [0.2, 0.25) is 0 Å². The van der Waals surface area contributed by atoms with Crippen LogP contribution >= 0.6 is 0 Å². The third-order valence-electron chi connectivity index (χ3n) is 7.75. The Morgan fingerprint density at radius 3 is 2.33 bits per heavy atom. The molecule has 2 amide bonds. The van der Waals surface area contributed by atoms with Crippen molar-refractivity contribution in [2.75, 3.05) is 44.2 Å². The lowest BCUT2D eigenvalue weighted by Gasteiger charge is -2.43. The molecule has 1 N–H and O–H groups in total. The third kappa shape index (κ3) is 6.25. The number of piperidine rings is 2. The minimum absolute atomic E-state index is 0.133. The number of likely N-dealkylation sites (tertiary alicyclic amines) is 1. The van der Waals surface area contributed by atoms with E-state index >= 15 is 0 Å². The summed E-state index contributed by atoms with van der Waals surface area (Å²) in [5.41, 5.74) is 2.16. The third-order valence-corrected chi connectivity index (χ3v) is 7.75. The number of amides is 2. The molecular weight excluding hydrogens is 455 g/mol. The lowest BCUT2D eigenvalue weighted by Crippen LogP contribution is -2.51. The second-order valence-corrected chi connectivity index (χ2v) is 9.88. The van der Waals surface area contributed by atoms with Crippen LogP contribution in [0.5, 0.6) is 0 Å². The van der Waals surface area contributed by atoms with Gasteiger partial charge in [0.2, 0.25) is 5.91 Å². The average Bonchev–Trinajstić information content (AvgIpc) is 2.93. The van der Waals surface area contributed by atoms with Crippen molar-refractivity contribution >= 4 is 17.5 Å². The number of halogens is 1. The van der Waals surface area contributed by atoms with Crippen molar-refractivity contribution in [2.24, 2.45) is 5.92 Å². The largest absolute Gasteiger partial charge is 0.371 e. The molecule has 0 saturated carbocycles. The number of hydrogen-bond acceptors (Lipinski definition) is 4. The number of nitrogens with one attached hydrogen (secondary N) is 1. The number of carbonyl (C=O) groups is 2. The van der Waals surface area contributed by atoms with Crippen molar-refractivity contribution < 1.29 is 14.0 Å². The number of rotatable bonds is 8. The molecule has 0 aromatic heterocycles. The van der Waals surface area contributed by atoms with Gasteiger partial charge in [0.15, 0.2) is 0 Å². The van der Waals surface area contributed by atoms with Crippen LogP contribution in [0, 0.1) is 11.7 Å². The summed E-state index contributed by atoms with van der Waals surface area (Å²) in [6, 6.07) is 14.7. The smallest absolute Gasteiger partial charge is 0.251 e. The first-order valence-corrected chi connectivity index (χ1v) is 13.4. The summed E-state index contributed by atoms with van der Waals surface area (Å²) < 4.78 is 13.8. The molecule has 194 valence electrons. The molecule has 0 aliphatic carbocycles. The van der Waals surface area contributed by atoms with Crippen LogP contribution in [0.3, 0.4) is 0 Å². The van der Waals surface area contributed by atoms with Crippen LogP contribution < -0.4 is 10.2 Å². The topological polar surface area (TPSA) is 55.9 Å². The molecule has 7 heteroatoms. The lowest BCUT2D eigenvalue weighted by molar-refractivity contribution is -0.137. The van der Waals surface area contributed by atoms with Gasteiger partial charge in [-0.2, -0.15) is 0 Å². The van der Waals surface area contributed by atoms with Crippen LogP contribution in [-0.4, -0.2) is 66.9 Å². The maximum absolute atomic E-state index is 13.8. The second-order valence-electron chi connectivity index (χ2n) is 9.88. The van der Waals surface area contributed by atoms with Gasteiger partial charge in [-0.3, -0.25) is 14.5 Å². The number of benzene rings is 2. The summed E-state index contributed by atoms with van der Waals surface area (Å²) in [7, 11) is 0. The zero-order valence-corrected chi connectivity index (χ0v) is 21.6. The van der Waals surface area contributed by atoms with Crippen LogP contribution in [0.1, 0.15) is 55.5 Å². The molecule has 2 aromatic rings. The van der Waals surface area contributed by atoms with E-state index in [2.05, 4.69) is 29.0 Å². The summed E-state index contributed by atoms with van der Waals surface area (Å²) in [6.07, 6.45) is 4.26. The van der Waals surface area contributed by atoms with Crippen LogP contribution in [0.25, 0.3) is 0 Å². The molecule has 2 aromatic carbocycles. The van der Waals surface area contributed by atoms with Crippen molar-refractivity contribution in [3.63, 3.8) is 0 Å². The zero-order valence-electron chi connectivity index (χ0n) is 21.6. The maximum Gasteiger partial charge on any atom is 0.251 e. The van der Waals surface area contributed by atoms with Crippen molar-refractivity contribution in [1.82, 2.24) is 15.1 Å². The standard InChI is InChI=1S/C29H39FN4O2/c1-3-32(4-2)29(36)24-9-7-17-34(21-24)26-15-18-33(19-16-26)25-13-11-22(12-14-25)28(35)31-20-23-8-5-6-10-27(23)30/h5-6,8,10-14,24,26H,3-4,7,9,15-21H2,1-2H3,(H,31,35). The van der Waals surface area contributed by atoms with Gasteiger partial charge in [-0.05, 0) is 76.4 Å². The number of carbonyl (C=O) groups excluding carboxylic acids is 2. The summed E-state index contributed by atoms with van der Waals surface area (Å²) in [4.78, 5) is 32.3. The number of anilines is 1. The summed E-state index contributed by atoms with van der Waals surface area (Å²) in [5, 5.41) is 2.80. The van der Waals surface area contributed by atoms with Crippen molar-refractivity contribution in [3.8, 4) is 0 Å². The molecule has 0 spiro atoms. The van der Waals surface area contributed by atoms with E-state index in [1.807, 2.05) is 29.2 Å². The SMILES string of the molecule is CCN(CC)C(=O)C1CCCN(C2CCN(c3ccc(C(=O)NCc4ccccc4F)cc3)CC2)C1. The first-order chi connectivity index (χ1) is 17.5. The van der Waals surface area contributed by atoms with Crippen LogP contribution in [0.15, 0.2) is 48.5 Å². The molecule has 2 heterocycles. The first kappa shape index (κ1) is 26.1. The van der Waals surface area contributed by atoms with E-state index in [1.165, 1.54) is 6.07 Å². The molecule has 36 heavy (non-hydrogen) atoms. The van der Waals surface area contributed by atoms with Gasteiger partial charge in [0.1, 0.15) is 5.82 Å². The maximum atomic E-state index is 13.8. The molecule has 6 nitrogen and oxygen atoms in total. The highest BCUT2D eigenvalue weighted by Gasteiger charge is 2.33. The Hall–Kier alpha value is -2.93. The average molecular weight is 495 g/mol. The van der Waals surface area contributed by atoms with Crippen molar-refractivity contribution in [3.05, 3.63) is 65.5 Å². The highest BCUT2D eigenvalue weighted by atomic mass is 19.1. The fourth-order valence-electron chi connectivity index (χ4n) is 5.57. The van der Waals surface area contributed by atoms with Gasteiger partial charge >= 0.3 is 0 Å². The summed E-state index contributed by atoms with van der Waals surface area (Å²) in [5.74, 6) is -0.0662. The van der Waals surface area contributed by atoms with Crippen LogP contribution in [-0.2, 0) is 11.3 Å². The monoisotopic (exact) mass is 494 g/mol. The van der Waals surface area contributed by atoms with E-state index in [4.69, 9.17) is 0 Å². The fourth-order valence-corrected chi connectivity index (χ4v) is 5.57. The molecule has 2 aliphatic rings. The molecule has 1 atom stereocenters. The highest BCUT2D eigenvalue weighted by Crippen LogP contribution is 2.27. The predicted octanol–water partition coefficient (Wildman–Crippen LogP) is 4.30. The van der Waals surface area contributed by atoms with Crippen molar-refractivity contribution in [2.45, 2.75) is 52.1 Å². The Labute approximate surface area is 214 Å². The van der Waals surface area contributed by atoms with Crippen molar-refractivity contribution in [1.29, 1.82) is 0 Å². The van der Waals surface area contributed by atoms with E-state index in [0.717, 1.165) is 70.6 Å². The van der Waals surface area contributed by atoms with Gasteiger partial charge in [0, 0.05) is 62.1 Å². The van der Waals surface area contributed by atoms with Crippen LogP contribution in [0.4, 0.5) is 10.1 Å². The molecular formula is C29H39FN4O2. The molecule has 4 rings (SSSR count). The Morgan fingerprint density at radius 2 is 1.67 bits per heavy atom. The van der Waals surface area contributed by atoms with E-state index in [0.29, 0.717) is 23.1 Å². The first-order valence-electron chi connectivity index (χ1n) is 13.4. The molecule has 1 unspecified atom stereocenters. The van der Waals surface area contributed by atoms with E-state index in [1.54, 1.807) is 18.2 Å². The molecule has 2 fully saturated rings. The quantitative estimate of drug-likeness (QED) is 0.594. The zero-order chi connectivity index (χ0) is 25.5. The fraction of sp³-hybridized carbons (Fsp3) is 0.517. The minimum atomic E-state index is -0.313. The van der Waals surface area contributed by atoms with Gasteiger partial charge in [-0.15, -0.1) is 0 Å². The minimum Gasteiger partial charge on any atom is -0.371 e. The van der Waals surface area contributed by atoms with E-state index in [-0.39, 0.29) is 24.2 Å². The lowest BCUT2D eigenvalue weighted by atomic mass is 9.92. The predicted molar refractivity (Wildman–Crippen MR) is 141 cm³/mol. The van der Waals surface area contributed by atoms with Gasteiger partial charge in [-0.1, -0.05) is 18.2 Å². The normalized spacial score (nSPS) is 19.2.